The zero-order valence-corrected chi connectivity index (χ0v) is 9.18. The first-order chi connectivity index (χ1) is 7.78. The minimum atomic E-state index is 0.0780. The average molecular weight is 225 g/mol. The van der Waals surface area contributed by atoms with Crippen molar-refractivity contribution in [2.24, 2.45) is 0 Å². The Balaban J connectivity index is 2.02. The first kappa shape index (κ1) is 11.1. The molecule has 1 fully saturated rings. The van der Waals surface area contributed by atoms with Crippen LogP contribution in [0.25, 0.3) is 0 Å². The number of ether oxygens (including phenoxy) is 3. The summed E-state index contributed by atoms with van der Waals surface area (Å²) in [5, 5.41) is 0. The Morgan fingerprint density at radius 1 is 1.50 bits per heavy atom. The molecule has 1 aromatic heterocycles. The zero-order valence-electron chi connectivity index (χ0n) is 9.18. The van der Waals surface area contributed by atoms with Gasteiger partial charge in [-0.05, 0) is 6.92 Å². The molecular formula is C10H15N3O3. The average Bonchev–Trinajstić information content (AvgIpc) is 2.20. The lowest BCUT2D eigenvalue weighted by Gasteiger charge is -2.26. The van der Waals surface area contributed by atoms with E-state index >= 15 is 0 Å². The SMILES string of the molecule is CCOCc1nc(N)cc(OC2COC2)n1. The molecule has 0 spiro atoms. The largest absolute Gasteiger partial charge is 0.469 e. The van der Waals surface area contributed by atoms with Gasteiger partial charge in [-0.3, -0.25) is 0 Å². The van der Waals surface area contributed by atoms with E-state index in [9.17, 15) is 0 Å². The van der Waals surface area contributed by atoms with Crippen molar-refractivity contribution in [3.8, 4) is 5.88 Å². The molecular weight excluding hydrogens is 210 g/mol. The third kappa shape index (κ3) is 2.80. The normalized spacial score (nSPS) is 15.8. The fraction of sp³-hybridized carbons (Fsp3) is 0.600. The Bertz CT molecular complexity index is 355. The summed E-state index contributed by atoms with van der Waals surface area (Å²) in [6, 6.07) is 1.60. The molecule has 6 heteroatoms. The third-order valence-corrected chi connectivity index (χ3v) is 2.10. The Morgan fingerprint density at radius 2 is 2.31 bits per heavy atom. The molecule has 1 aromatic rings. The van der Waals surface area contributed by atoms with Crippen molar-refractivity contribution in [3.63, 3.8) is 0 Å². The number of anilines is 1. The van der Waals surface area contributed by atoms with E-state index in [-0.39, 0.29) is 6.10 Å². The zero-order chi connectivity index (χ0) is 11.4. The van der Waals surface area contributed by atoms with Gasteiger partial charge in [-0.15, -0.1) is 0 Å². The molecule has 1 saturated heterocycles. The van der Waals surface area contributed by atoms with Gasteiger partial charge in [0.15, 0.2) is 5.82 Å². The predicted molar refractivity (Wildman–Crippen MR) is 57.0 cm³/mol. The fourth-order valence-electron chi connectivity index (χ4n) is 1.26. The van der Waals surface area contributed by atoms with E-state index in [1.807, 2.05) is 6.92 Å². The highest BCUT2D eigenvalue weighted by atomic mass is 16.6. The van der Waals surface area contributed by atoms with Crippen LogP contribution in [0.2, 0.25) is 0 Å². The van der Waals surface area contributed by atoms with Crippen LogP contribution in [-0.4, -0.2) is 35.9 Å². The molecule has 0 aliphatic carbocycles. The fourth-order valence-corrected chi connectivity index (χ4v) is 1.26. The Kier molecular flexibility index (Phi) is 3.53. The number of aromatic nitrogens is 2. The quantitative estimate of drug-likeness (QED) is 0.780. The second-order valence-corrected chi connectivity index (χ2v) is 3.46. The number of hydrogen-bond donors (Lipinski definition) is 1. The summed E-state index contributed by atoms with van der Waals surface area (Å²) in [6.07, 6.45) is 0.0780. The summed E-state index contributed by atoms with van der Waals surface area (Å²) in [5.41, 5.74) is 5.65. The van der Waals surface area contributed by atoms with Crippen LogP contribution in [0.4, 0.5) is 5.82 Å². The Labute approximate surface area is 93.7 Å². The highest BCUT2D eigenvalue weighted by Gasteiger charge is 2.21. The maximum Gasteiger partial charge on any atom is 0.219 e. The van der Waals surface area contributed by atoms with Crippen molar-refractivity contribution in [1.82, 2.24) is 9.97 Å². The van der Waals surface area contributed by atoms with Crippen molar-refractivity contribution in [3.05, 3.63) is 11.9 Å². The molecule has 6 nitrogen and oxygen atoms in total. The predicted octanol–water partition coefficient (Wildman–Crippen LogP) is 0.373. The van der Waals surface area contributed by atoms with Crippen molar-refractivity contribution < 1.29 is 14.2 Å². The van der Waals surface area contributed by atoms with Crippen molar-refractivity contribution in [1.29, 1.82) is 0 Å². The van der Waals surface area contributed by atoms with Gasteiger partial charge in [0.25, 0.3) is 0 Å². The lowest BCUT2D eigenvalue weighted by molar-refractivity contribution is -0.0815. The van der Waals surface area contributed by atoms with Gasteiger partial charge in [0, 0.05) is 12.7 Å². The molecule has 0 radical (unpaired) electrons. The monoisotopic (exact) mass is 225 g/mol. The molecule has 1 aliphatic rings. The van der Waals surface area contributed by atoms with Gasteiger partial charge < -0.3 is 19.9 Å². The van der Waals surface area contributed by atoms with Crippen molar-refractivity contribution in [2.75, 3.05) is 25.6 Å². The third-order valence-electron chi connectivity index (χ3n) is 2.10. The summed E-state index contributed by atoms with van der Waals surface area (Å²) in [5.74, 6) is 1.41. The standard InChI is InChI=1S/C10H15N3O3/c1-2-14-6-9-12-8(11)3-10(13-9)16-7-4-15-5-7/h3,7H,2,4-6H2,1H3,(H2,11,12,13). The second kappa shape index (κ2) is 5.09. The maximum absolute atomic E-state index is 5.65. The van der Waals surface area contributed by atoms with E-state index in [0.29, 0.717) is 43.9 Å². The van der Waals surface area contributed by atoms with Gasteiger partial charge in [0.2, 0.25) is 5.88 Å². The molecule has 0 atom stereocenters. The number of hydrogen-bond acceptors (Lipinski definition) is 6. The molecule has 1 aliphatic heterocycles. The summed E-state index contributed by atoms with van der Waals surface area (Å²) >= 11 is 0. The van der Waals surface area contributed by atoms with Crippen LogP contribution in [-0.2, 0) is 16.1 Å². The van der Waals surface area contributed by atoms with Gasteiger partial charge in [-0.2, -0.15) is 4.98 Å². The molecule has 88 valence electrons. The van der Waals surface area contributed by atoms with E-state index in [4.69, 9.17) is 19.9 Å². The van der Waals surface area contributed by atoms with E-state index in [1.54, 1.807) is 6.07 Å². The van der Waals surface area contributed by atoms with Crippen LogP contribution in [0.3, 0.4) is 0 Å². The lowest BCUT2D eigenvalue weighted by atomic mass is 10.3. The van der Waals surface area contributed by atoms with Crippen LogP contribution in [0, 0.1) is 0 Å². The van der Waals surface area contributed by atoms with Gasteiger partial charge in [0.1, 0.15) is 18.5 Å². The maximum atomic E-state index is 5.65. The van der Waals surface area contributed by atoms with Crippen molar-refractivity contribution >= 4 is 5.82 Å². The summed E-state index contributed by atoms with van der Waals surface area (Å²) < 4.78 is 15.8. The molecule has 0 unspecified atom stereocenters. The van der Waals surface area contributed by atoms with E-state index < -0.39 is 0 Å². The Morgan fingerprint density at radius 3 is 2.94 bits per heavy atom. The van der Waals surface area contributed by atoms with Crippen molar-refractivity contribution in [2.45, 2.75) is 19.6 Å². The first-order valence-corrected chi connectivity index (χ1v) is 5.23. The first-order valence-electron chi connectivity index (χ1n) is 5.23. The minimum Gasteiger partial charge on any atom is -0.469 e. The van der Waals surface area contributed by atoms with Crippen LogP contribution >= 0.6 is 0 Å². The molecule has 2 N–H and O–H groups in total. The number of nitrogens with two attached hydrogens (primary N) is 1. The van der Waals surface area contributed by atoms with Gasteiger partial charge in [-0.25, -0.2) is 4.98 Å². The smallest absolute Gasteiger partial charge is 0.219 e. The molecule has 0 aromatic carbocycles. The van der Waals surface area contributed by atoms with Gasteiger partial charge in [0.05, 0.1) is 13.2 Å². The topological polar surface area (TPSA) is 79.5 Å². The van der Waals surface area contributed by atoms with Gasteiger partial charge >= 0.3 is 0 Å². The molecule has 2 heterocycles. The van der Waals surface area contributed by atoms with E-state index in [1.165, 1.54) is 0 Å². The molecule has 0 saturated carbocycles. The van der Waals surface area contributed by atoms with Crippen LogP contribution in [0.15, 0.2) is 6.07 Å². The van der Waals surface area contributed by atoms with Crippen LogP contribution < -0.4 is 10.5 Å². The lowest BCUT2D eigenvalue weighted by Crippen LogP contribution is -2.38. The molecule has 0 amide bonds. The molecule has 16 heavy (non-hydrogen) atoms. The number of nitrogens with zero attached hydrogens (tertiary/aromatic N) is 2. The van der Waals surface area contributed by atoms with Crippen LogP contribution in [0.5, 0.6) is 5.88 Å². The van der Waals surface area contributed by atoms with E-state index in [2.05, 4.69) is 9.97 Å². The summed E-state index contributed by atoms with van der Waals surface area (Å²) in [4.78, 5) is 8.25. The highest BCUT2D eigenvalue weighted by molar-refractivity contribution is 5.32. The number of rotatable bonds is 5. The summed E-state index contributed by atoms with van der Waals surface area (Å²) in [6.45, 7) is 4.08. The van der Waals surface area contributed by atoms with Gasteiger partial charge in [-0.1, -0.05) is 0 Å². The molecule has 0 bridgehead atoms. The second-order valence-electron chi connectivity index (χ2n) is 3.46. The van der Waals surface area contributed by atoms with E-state index in [0.717, 1.165) is 0 Å². The molecule has 2 rings (SSSR count). The highest BCUT2D eigenvalue weighted by Crippen LogP contribution is 2.16. The van der Waals surface area contributed by atoms with Crippen LogP contribution in [0.1, 0.15) is 12.7 Å². The summed E-state index contributed by atoms with van der Waals surface area (Å²) in [7, 11) is 0. The number of nitrogen functional groups attached to an aromatic ring is 1. The minimum absolute atomic E-state index is 0.0780. The Hall–Kier alpha value is -1.40.